The van der Waals surface area contributed by atoms with Crippen molar-refractivity contribution in [2.75, 3.05) is 30.4 Å². The number of amides is 2. The molecule has 0 radical (unpaired) electrons. The number of carbonyl (C=O) groups is 2. The number of hydrogen-bond acceptors (Lipinski definition) is 9. The van der Waals surface area contributed by atoms with Crippen molar-refractivity contribution in [3.63, 3.8) is 0 Å². The third kappa shape index (κ3) is 5.11. The average Bonchev–Trinajstić information content (AvgIpc) is 3.65. The fourth-order valence-corrected chi connectivity index (χ4v) is 7.62. The van der Waals surface area contributed by atoms with Gasteiger partial charge >= 0.3 is 0 Å². The Morgan fingerprint density at radius 2 is 1.95 bits per heavy atom. The maximum atomic E-state index is 13.4. The summed E-state index contributed by atoms with van der Waals surface area (Å²) >= 11 is 1.38. The minimum absolute atomic E-state index is 0.00511. The van der Waals surface area contributed by atoms with E-state index in [1.165, 1.54) is 18.4 Å². The van der Waals surface area contributed by atoms with Gasteiger partial charge in [0.05, 0.1) is 27.6 Å². The second-order valence-corrected chi connectivity index (χ2v) is 13.8. The summed E-state index contributed by atoms with van der Waals surface area (Å²) in [6.45, 7) is 7.23. The highest BCUT2D eigenvalue weighted by Crippen LogP contribution is 2.42. The van der Waals surface area contributed by atoms with Crippen LogP contribution in [0.15, 0.2) is 35.2 Å². The Balaban J connectivity index is 1.33. The zero-order chi connectivity index (χ0) is 29.1. The third-order valence-corrected chi connectivity index (χ3v) is 10.6. The topological polar surface area (TPSA) is 137 Å². The minimum atomic E-state index is -3.90. The first kappa shape index (κ1) is 27.8. The molecular formula is C28H33N7O4S2. The van der Waals surface area contributed by atoms with Gasteiger partial charge in [-0.1, -0.05) is 17.4 Å². The first-order valence-corrected chi connectivity index (χ1v) is 16.0. The summed E-state index contributed by atoms with van der Waals surface area (Å²) < 4.78 is 28.6. The van der Waals surface area contributed by atoms with E-state index in [1.807, 2.05) is 45.0 Å². The molecule has 4 heterocycles. The maximum Gasteiger partial charge on any atom is 0.256 e. The summed E-state index contributed by atoms with van der Waals surface area (Å²) in [6, 6.07) is 9.00. The van der Waals surface area contributed by atoms with Crippen LogP contribution in [0, 0.1) is 12.8 Å². The van der Waals surface area contributed by atoms with Crippen molar-refractivity contribution < 1.29 is 18.0 Å². The summed E-state index contributed by atoms with van der Waals surface area (Å²) in [4.78, 5) is 39.6. The standard InChI is InChI=1S/C28H33N7O4S2/c1-15-12-30-13-24(36)35(15)23-7-5-6-22(32-23)33-28-31-16(2)26(40-28)19-10-20-14-34(17(3)18-8-9-18)27(37)25(20)21(11-19)41(38,39)29-4/h5-7,10-11,15,17-18,29-30H,8-9,12-14H2,1-4H3,(H,31,32,33)/t15-,17?/m1/s1. The molecule has 1 unspecified atom stereocenters. The van der Waals surface area contributed by atoms with Gasteiger partial charge in [0.15, 0.2) is 5.13 Å². The van der Waals surface area contributed by atoms with Crippen LogP contribution >= 0.6 is 11.3 Å². The lowest BCUT2D eigenvalue weighted by atomic mass is 10.0. The molecular weight excluding hydrogens is 562 g/mol. The Labute approximate surface area is 243 Å². The van der Waals surface area contributed by atoms with Crippen molar-refractivity contribution >= 4 is 49.9 Å². The van der Waals surface area contributed by atoms with Gasteiger partial charge in [0.2, 0.25) is 15.9 Å². The Kier molecular flexibility index (Phi) is 7.09. The molecule has 1 aliphatic carbocycles. The molecule has 2 aromatic heterocycles. The van der Waals surface area contributed by atoms with Gasteiger partial charge in [-0.25, -0.2) is 23.1 Å². The van der Waals surface area contributed by atoms with Gasteiger partial charge in [-0.05, 0) is 82.0 Å². The number of rotatable bonds is 8. The van der Waals surface area contributed by atoms with Crippen molar-refractivity contribution in [2.24, 2.45) is 5.92 Å². The van der Waals surface area contributed by atoms with E-state index in [1.54, 1.807) is 15.9 Å². The number of aromatic nitrogens is 2. The molecule has 11 nitrogen and oxygen atoms in total. The minimum Gasteiger partial charge on any atom is -0.331 e. The van der Waals surface area contributed by atoms with Crippen molar-refractivity contribution in [3.8, 4) is 10.4 Å². The van der Waals surface area contributed by atoms with E-state index in [9.17, 15) is 18.0 Å². The molecule has 1 saturated heterocycles. The largest absolute Gasteiger partial charge is 0.331 e. The van der Waals surface area contributed by atoms with E-state index in [0.29, 0.717) is 46.9 Å². The van der Waals surface area contributed by atoms with Gasteiger partial charge in [0.1, 0.15) is 11.6 Å². The number of sulfonamides is 1. The molecule has 3 aliphatic rings. The molecule has 0 bridgehead atoms. The molecule has 3 N–H and O–H groups in total. The highest BCUT2D eigenvalue weighted by Gasteiger charge is 2.41. The molecule has 1 aromatic carbocycles. The highest BCUT2D eigenvalue weighted by molar-refractivity contribution is 7.89. The quantitative estimate of drug-likeness (QED) is 0.361. The van der Waals surface area contributed by atoms with Crippen LogP contribution in [0.4, 0.5) is 16.8 Å². The molecule has 41 heavy (non-hydrogen) atoms. The predicted octanol–water partition coefficient (Wildman–Crippen LogP) is 3.24. The number of aryl methyl sites for hydroxylation is 1. The molecule has 216 valence electrons. The number of piperazine rings is 1. The first-order chi connectivity index (χ1) is 19.6. The Bertz CT molecular complexity index is 1650. The van der Waals surface area contributed by atoms with Crippen LogP contribution in [0.5, 0.6) is 0 Å². The van der Waals surface area contributed by atoms with Crippen molar-refractivity contribution in [3.05, 3.63) is 47.2 Å². The SMILES string of the molecule is CNS(=O)(=O)c1cc(-c2sc(Nc3cccc(N4C(=O)CNC[C@H]4C)n3)nc2C)cc2c1C(=O)N(C(C)C1CC1)C2. The number of anilines is 3. The van der Waals surface area contributed by atoms with E-state index in [-0.39, 0.29) is 40.9 Å². The average molecular weight is 596 g/mol. The van der Waals surface area contributed by atoms with Gasteiger partial charge < -0.3 is 15.5 Å². The van der Waals surface area contributed by atoms with E-state index in [4.69, 9.17) is 0 Å². The molecule has 6 rings (SSSR count). The number of nitrogens with zero attached hydrogens (tertiary/aromatic N) is 4. The maximum absolute atomic E-state index is 13.4. The van der Waals surface area contributed by atoms with Crippen LogP contribution in [-0.4, -0.2) is 67.3 Å². The van der Waals surface area contributed by atoms with Gasteiger partial charge in [-0.15, -0.1) is 0 Å². The van der Waals surface area contributed by atoms with E-state index < -0.39 is 10.0 Å². The normalized spacial score (nSPS) is 20.0. The summed E-state index contributed by atoms with van der Waals surface area (Å²) in [7, 11) is -2.54. The molecule has 1 saturated carbocycles. The molecule has 3 aromatic rings. The lowest BCUT2D eigenvalue weighted by Crippen LogP contribution is -2.54. The van der Waals surface area contributed by atoms with Crippen molar-refractivity contribution in [1.82, 2.24) is 24.9 Å². The summed E-state index contributed by atoms with van der Waals surface area (Å²) in [5.41, 5.74) is 2.38. The molecule has 0 spiro atoms. The predicted molar refractivity (Wildman–Crippen MR) is 158 cm³/mol. The number of nitrogens with one attached hydrogen (secondary N) is 3. The smallest absolute Gasteiger partial charge is 0.256 e. The summed E-state index contributed by atoms with van der Waals surface area (Å²) in [5.74, 6) is 1.32. The molecule has 2 atom stereocenters. The molecule has 2 fully saturated rings. The second kappa shape index (κ2) is 10.5. The van der Waals surface area contributed by atoms with Crippen molar-refractivity contribution in [2.45, 2.75) is 57.1 Å². The monoisotopic (exact) mass is 595 g/mol. The molecule has 2 aliphatic heterocycles. The number of thiazole rings is 1. The second-order valence-electron chi connectivity index (χ2n) is 10.9. The zero-order valence-corrected chi connectivity index (χ0v) is 25.0. The fraction of sp³-hybridized carbons (Fsp3) is 0.429. The number of fused-ring (bicyclic) bond motifs is 1. The third-order valence-electron chi connectivity index (χ3n) is 8.05. The summed E-state index contributed by atoms with van der Waals surface area (Å²) in [6.07, 6.45) is 2.18. The van der Waals surface area contributed by atoms with Gasteiger partial charge in [0.25, 0.3) is 5.91 Å². The fourth-order valence-electron chi connectivity index (χ4n) is 5.67. The Hall–Kier alpha value is -3.39. The zero-order valence-electron chi connectivity index (χ0n) is 23.4. The number of carbonyl (C=O) groups excluding carboxylic acids is 2. The van der Waals surface area contributed by atoms with Crippen LogP contribution in [0.3, 0.4) is 0 Å². The van der Waals surface area contributed by atoms with E-state index in [0.717, 1.165) is 23.4 Å². The summed E-state index contributed by atoms with van der Waals surface area (Å²) in [5, 5.41) is 6.94. The van der Waals surface area contributed by atoms with Gasteiger partial charge in [-0.3, -0.25) is 14.5 Å². The molecule has 2 amide bonds. The van der Waals surface area contributed by atoms with Crippen LogP contribution in [0.2, 0.25) is 0 Å². The van der Waals surface area contributed by atoms with Crippen LogP contribution in [0.25, 0.3) is 10.4 Å². The Morgan fingerprint density at radius 1 is 1.17 bits per heavy atom. The van der Waals surface area contributed by atoms with Crippen molar-refractivity contribution in [1.29, 1.82) is 0 Å². The van der Waals surface area contributed by atoms with E-state index >= 15 is 0 Å². The first-order valence-electron chi connectivity index (χ1n) is 13.7. The highest BCUT2D eigenvalue weighted by atomic mass is 32.2. The number of pyridine rings is 1. The van der Waals surface area contributed by atoms with Crippen LogP contribution < -0.4 is 20.3 Å². The van der Waals surface area contributed by atoms with Gasteiger partial charge in [0, 0.05) is 25.2 Å². The van der Waals surface area contributed by atoms with Crippen LogP contribution in [0.1, 0.15) is 48.3 Å². The Morgan fingerprint density at radius 3 is 2.66 bits per heavy atom. The lowest BCUT2D eigenvalue weighted by molar-refractivity contribution is -0.119. The molecule has 13 heteroatoms. The number of hydrogen-bond donors (Lipinski definition) is 3. The lowest BCUT2D eigenvalue weighted by Gasteiger charge is -2.33. The van der Waals surface area contributed by atoms with Gasteiger partial charge in [-0.2, -0.15) is 0 Å². The van der Waals surface area contributed by atoms with E-state index in [2.05, 4.69) is 25.3 Å². The number of benzene rings is 1. The van der Waals surface area contributed by atoms with Crippen LogP contribution in [-0.2, 0) is 21.4 Å².